The zero-order valence-electron chi connectivity index (χ0n) is 13.6. The van der Waals surface area contributed by atoms with Crippen molar-refractivity contribution < 1.29 is 17.6 Å². The molecule has 0 saturated carbocycles. The van der Waals surface area contributed by atoms with Crippen LogP contribution in [0.25, 0.3) is 0 Å². The Morgan fingerprint density at radius 1 is 1.36 bits per heavy atom. The molecule has 2 rings (SSSR count). The maximum atomic E-state index is 13.5. The Kier molecular flexibility index (Phi) is 8.56. The zero-order valence-corrected chi connectivity index (χ0v) is 16.0. The molecular formula is C15H22Cl2FN3O3S. The number of hydrogen-bond donors (Lipinski definition) is 2. The van der Waals surface area contributed by atoms with Crippen molar-refractivity contribution >= 4 is 39.9 Å². The van der Waals surface area contributed by atoms with Crippen molar-refractivity contribution in [1.82, 2.24) is 9.62 Å². The van der Waals surface area contributed by atoms with Crippen LogP contribution in [0, 0.1) is 5.82 Å². The Bertz CT molecular complexity index is 683. The van der Waals surface area contributed by atoms with Gasteiger partial charge in [0.1, 0.15) is 5.82 Å². The molecule has 1 aliphatic rings. The van der Waals surface area contributed by atoms with Crippen molar-refractivity contribution in [3.63, 3.8) is 0 Å². The van der Waals surface area contributed by atoms with Crippen molar-refractivity contribution in [2.24, 2.45) is 5.73 Å². The number of amides is 1. The van der Waals surface area contributed by atoms with Gasteiger partial charge in [-0.1, -0.05) is 18.0 Å². The predicted octanol–water partition coefficient (Wildman–Crippen LogP) is 1.91. The highest BCUT2D eigenvalue weighted by Gasteiger charge is 2.34. The van der Waals surface area contributed by atoms with Gasteiger partial charge in [-0.2, -0.15) is 4.31 Å². The van der Waals surface area contributed by atoms with Crippen molar-refractivity contribution in [3.8, 4) is 0 Å². The first-order valence-corrected chi connectivity index (χ1v) is 9.61. The molecule has 0 aromatic heterocycles. The minimum atomic E-state index is -3.88. The maximum absolute atomic E-state index is 13.5. The highest BCUT2D eigenvalue weighted by Crippen LogP contribution is 2.27. The van der Waals surface area contributed by atoms with E-state index in [0.717, 1.165) is 25.0 Å². The summed E-state index contributed by atoms with van der Waals surface area (Å²) in [5.41, 5.74) is 5.32. The molecule has 1 unspecified atom stereocenters. The SMILES string of the molecule is Cl.NCCC(=O)NCC1CCCCN1S(=O)(=O)c1cc(F)cc(Cl)c1. The topological polar surface area (TPSA) is 92.5 Å². The third-order valence-corrected chi connectivity index (χ3v) is 6.07. The lowest BCUT2D eigenvalue weighted by atomic mass is 10.1. The number of carbonyl (C=O) groups excluding carboxylic acids is 1. The van der Waals surface area contributed by atoms with Gasteiger partial charge in [0.2, 0.25) is 15.9 Å². The summed E-state index contributed by atoms with van der Waals surface area (Å²) in [4.78, 5) is 11.4. The molecule has 1 aliphatic heterocycles. The standard InChI is InChI=1S/C15H21ClFN3O3S.ClH/c16-11-7-12(17)9-14(8-11)24(22,23)20-6-2-1-3-13(20)10-19-15(21)4-5-18;/h7-9,13H,1-6,10,18H2,(H,19,21);1H. The third-order valence-electron chi connectivity index (χ3n) is 3.92. The van der Waals surface area contributed by atoms with E-state index in [-0.39, 0.29) is 53.8 Å². The fourth-order valence-electron chi connectivity index (χ4n) is 2.76. The molecule has 1 amide bonds. The highest BCUT2D eigenvalue weighted by atomic mass is 35.5. The minimum Gasteiger partial charge on any atom is -0.354 e. The van der Waals surface area contributed by atoms with E-state index in [4.69, 9.17) is 17.3 Å². The third kappa shape index (κ3) is 5.79. The van der Waals surface area contributed by atoms with E-state index in [1.165, 1.54) is 10.4 Å². The lowest BCUT2D eigenvalue weighted by Crippen LogP contribution is -2.49. The number of halogens is 3. The molecule has 25 heavy (non-hydrogen) atoms. The number of sulfonamides is 1. The Morgan fingerprint density at radius 3 is 2.72 bits per heavy atom. The van der Waals surface area contributed by atoms with E-state index in [1.54, 1.807) is 0 Å². The van der Waals surface area contributed by atoms with Crippen LogP contribution in [-0.2, 0) is 14.8 Å². The molecule has 0 spiro atoms. The summed E-state index contributed by atoms with van der Waals surface area (Å²) in [5.74, 6) is -0.917. The maximum Gasteiger partial charge on any atom is 0.243 e. The van der Waals surface area contributed by atoms with E-state index in [1.807, 2.05) is 0 Å². The number of nitrogens with zero attached hydrogens (tertiary/aromatic N) is 1. The van der Waals surface area contributed by atoms with Crippen LogP contribution in [0.2, 0.25) is 5.02 Å². The van der Waals surface area contributed by atoms with Crippen molar-refractivity contribution in [2.45, 2.75) is 36.6 Å². The summed E-state index contributed by atoms with van der Waals surface area (Å²) in [7, 11) is -3.88. The Labute approximate surface area is 158 Å². The van der Waals surface area contributed by atoms with E-state index in [0.29, 0.717) is 13.0 Å². The minimum absolute atomic E-state index is 0. The van der Waals surface area contributed by atoms with E-state index in [9.17, 15) is 17.6 Å². The van der Waals surface area contributed by atoms with E-state index in [2.05, 4.69) is 5.32 Å². The molecule has 0 aliphatic carbocycles. The molecule has 0 bridgehead atoms. The largest absolute Gasteiger partial charge is 0.354 e. The average Bonchev–Trinajstić information content (AvgIpc) is 2.52. The molecular weight excluding hydrogens is 392 g/mol. The summed E-state index contributed by atoms with van der Waals surface area (Å²) in [6.07, 6.45) is 2.41. The normalized spacial score (nSPS) is 18.4. The van der Waals surface area contributed by atoms with E-state index < -0.39 is 15.8 Å². The highest BCUT2D eigenvalue weighted by molar-refractivity contribution is 7.89. The van der Waals surface area contributed by atoms with Crippen LogP contribution in [-0.4, -0.2) is 44.3 Å². The number of rotatable bonds is 6. The van der Waals surface area contributed by atoms with Crippen LogP contribution in [0.4, 0.5) is 4.39 Å². The first-order valence-electron chi connectivity index (χ1n) is 7.79. The quantitative estimate of drug-likeness (QED) is 0.744. The van der Waals surface area contributed by atoms with Gasteiger partial charge in [-0.25, -0.2) is 12.8 Å². The van der Waals surface area contributed by atoms with Gasteiger partial charge in [-0.3, -0.25) is 4.79 Å². The van der Waals surface area contributed by atoms with E-state index >= 15 is 0 Å². The van der Waals surface area contributed by atoms with Crippen LogP contribution < -0.4 is 11.1 Å². The number of carbonyl (C=O) groups is 1. The van der Waals surface area contributed by atoms with Crippen LogP contribution in [0.15, 0.2) is 23.1 Å². The summed E-state index contributed by atoms with van der Waals surface area (Å²) in [5, 5.41) is 2.73. The van der Waals surface area contributed by atoms with Crippen molar-refractivity contribution in [2.75, 3.05) is 19.6 Å². The molecule has 3 N–H and O–H groups in total. The average molecular weight is 414 g/mol. The Balaban J connectivity index is 0.00000312. The number of hydrogen-bond acceptors (Lipinski definition) is 4. The molecule has 0 radical (unpaired) electrons. The lowest BCUT2D eigenvalue weighted by Gasteiger charge is -2.34. The molecule has 1 atom stereocenters. The molecule has 1 aromatic rings. The van der Waals surface area contributed by atoms with Gasteiger partial charge in [-0.05, 0) is 31.0 Å². The van der Waals surface area contributed by atoms with Crippen LogP contribution in [0.1, 0.15) is 25.7 Å². The second-order valence-corrected chi connectivity index (χ2v) is 8.04. The van der Waals surface area contributed by atoms with Gasteiger partial charge >= 0.3 is 0 Å². The van der Waals surface area contributed by atoms with Gasteiger partial charge in [0.25, 0.3) is 0 Å². The molecule has 1 fully saturated rings. The molecule has 10 heteroatoms. The molecule has 1 saturated heterocycles. The number of piperidine rings is 1. The second-order valence-electron chi connectivity index (χ2n) is 5.71. The monoisotopic (exact) mass is 413 g/mol. The second kappa shape index (κ2) is 9.68. The molecule has 6 nitrogen and oxygen atoms in total. The fraction of sp³-hybridized carbons (Fsp3) is 0.533. The van der Waals surface area contributed by atoms with Crippen LogP contribution >= 0.6 is 24.0 Å². The van der Waals surface area contributed by atoms with Gasteiger partial charge in [0.05, 0.1) is 4.90 Å². The number of benzene rings is 1. The summed E-state index contributed by atoms with van der Waals surface area (Å²) < 4.78 is 40.5. The van der Waals surface area contributed by atoms with Gasteiger partial charge in [-0.15, -0.1) is 12.4 Å². The summed E-state index contributed by atoms with van der Waals surface area (Å²) in [6, 6.07) is 2.88. The van der Waals surface area contributed by atoms with Gasteiger partial charge in [0.15, 0.2) is 0 Å². The van der Waals surface area contributed by atoms with Crippen LogP contribution in [0.3, 0.4) is 0 Å². The van der Waals surface area contributed by atoms with Gasteiger partial charge in [0, 0.05) is 37.1 Å². The van der Waals surface area contributed by atoms with Gasteiger partial charge < -0.3 is 11.1 Å². The first-order chi connectivity index (χ1) is 11.3. The Hall–Kier alpha value is -0.930. The fourth-order valence-corrected chi connectivity index (χ4v) is 4.80. The predicted molar refractivity (Wildman–Crippen MR) is 96.9 cm³/mol. The smallest absolute Gasteiger partial charge is 0.243 e. The first kappa shape index (κ1) is 22.1. The zero-order chi connectivity index (χ0) is 17.7. The number of nitrogens with two attached hydrogens (primary N) is 1. The Morgan fingerprint density at radius 2 is 2.08 bits per heavy atom. The summed E-state index contributed by atoms with van der Waals surface area (Å²) in [6.45, 7) is 0.773. The summed E-state index contributed by atoms with van der Waals surface area (Å²) >= 11 is 5.78. The molecule has 1 aromatic carbocycles. The number of nitrogens with one attached hydrogen (secondary N) is 1. The molecule has 1 heterocycles. The lowest BCUT2D eigenvalue weighted by molar-refractivity contribution is -0.121. The molecule has 142 valence electrons. The van der Waals surface area contributed by atoms with Crippen LogP contribution in [0.5, 0.6) is 0 Å². The van der Waals surface area contributed by atoms with Crippen molar-refractivity contribution in [1.29, 1.82) is 0 Å². The van der Waals surface area contributed by atoms with Crippen molar-refractivity contribution in [3.05, 3.63) is 29.0 Å².